The normalized spacial score (nSPS) is 11.7. The van der Waals surface area contributed by atoms with Gasteiger partial charge in [-0.2, -0.15) is 8.42 Å². The molecule has 124 valence electrons. The van der Waals surface area contributed by atoms with Crippen molar-refractivity contribution in [3.63, 3.8) is 0 Å². The number of pyridine rings is 1. The van der Waals surface area contributed by atoms with Crippen LogP contribution in [0.1, 0.15) is 5.56 Å². The first-order valence-corrected chi connectivity index (χ1v) is 9.68. The van der Waals surface area contributed by atoms with Crippen molar-refractivity contribution in [1.29, 1.82) is 0 Å². The van der Waals surface area contributed by atoms with Crippen molar-refractivity contribution in [3.8, 4) is 5.75 Å². The summed E-state index contributed by atoms with van der Waals surface area (Å²) in [5, 5.41) is 0.997. The lowest BCUT2D eigenvalue weighted by molar-refractivity contribution is 0.488. The van der Waals surface area contributed by atoms with Crippen LogP contribution >= 0.6 is 39.1 Å². The average Bonchev–Trinajstić information content (AvgIpc) is 2.54. The molecular formula is C16H10BrCl2NO3S. The van der Waals surface area contributed by atoms with Crippen LogP contribution in [0.4, 0.5) is 0 Å². The molecule has 0 spiro atoms. The number of rotatable bonds is 3. The van der Waals surface area contributed by atoms with Crippen LogP contribution in [0.5, 0.6) is 5.75 Å². The number of aryl methyl sites for hydroxylation is 1. The van der Waals surface area contributed by atoms with E-state index in [1.807, 2.05) is 0 Å². The molecule has 0 saturated carbocycles. The van der Waals surface area contributed by atoms with Gasteiger partial charge in [-0.05, 0) is 48.9 Å². The minimum absolute atomic E-state index is 0.0262. The van der Waals surface area contributed by atoms with Crippen LogP contribution < -0.4 is 4.18 Å². The largest absolute Gasteiger partial charge is 0.375 e. The van der Waals surface area contributed by atoms with E-state index in [4.69, 9.17) is 27.4 Å². The van der Waals surface area contributed by atoms with E-state index in [2.05, 4.69) is 20.9 Å². The van der Waals surface area contributed by atoms with Crippen LogP contribution in [-0.4, -0.2) is 13.4 Å². The maximum atomic E-state index is 12.6. The molecule has 0 aliphatic carbocycles. The average molecular weight is 447 g/mol. The van der Waals surface area contributed by atoms with Gasteiger partial charge in [-0.1, -0.05) is 39.1 Å². The highest BCUT2D eigenvalue weighted by molar-refractivity contribution is 9.10. The number of aromatic nitrogens is 1. The van der Waals surface area contributed by atoms with Crippen molar-refractivity contribution in [3.05, 3.63) is 62.7 Å². The second kappa shape index (κ2) is 6.52. The van der Waals surface area contributed by atoms with E-state index in [1.54, 1.807) is 25.1 Å². The van der Waals surface area contributed by atoms with Gasteiger partial charge in [0.1, 0.15) is 10.4 Å². The van der Waals surface area contributed by atoms with Crippen molar-refractivity contribution >= 4 is 60.2 Å². The number of hydrogen-bond acceptors (Lipinski definition) is 4. The molecule has 0 atom stereocenters. The van der Waals surface area contributed by atoms with Crippen molar-refractivity contribution in [2.45, 2.75) is 11.8 Å². The second-order valence-corrected chi connectivity index (χ2v) is 8.23. The summed E-state index contributed by atoms with van der Waals surface area (Å²) >= 11 is 15.6. The summed E-state index contributed by atoms with van der Waals surface area (Å²) in [5.74, 6) is -0.0442. The van der Waals surface area contributed by atoms with Gasteiger partial charge < -0.3 is 4.18 Å². The first-order chi connectivity index (χ1) is 11.3. The van der Waals surface area contributed by atoms with Crippen molar-refractivity contribution < 1.29 is 12.6 Å². The van der Waals surface area contributed by atoms with Gasteiger partial charge in [0.15, 0.2) is 5.75 Å². The second-order valence-electron chi connectivity index (χ2n) is 5.02. The van der Waals surface area contributed by atoms with E-state index in [-0.39, 0.29) is 21.2 Å². The summed E-state index contributed by atoms with van der Waals surface area (Å²) in [6.07, 6.45) is 1.51. The quantitative estimate of drug-likeness (QED) is 0.506. The molecule has 24 heavy (non-hydrogen) atoms. The molecule has 0 bridgehead atoms. The molecule has 4 nitrogen and oxygen atoms in total. The third kappa shape index (κ3) is 3.24. The third-order valence-electron chi connectivity index (χ3n) is 3.36. The van der Waals surface area contributed by atoms with Gasteiger partial charge in [0, 0.05) is 16.1 Å². The Morgan fingerprint density at radius 3 is 2.58 bits per heavy atom. The van der Waals surface area contributed by atoms with Crippen molar-refractivity contribution in [1.82, 2.24) is 4.98 Å². The lowest BCUT2D eigenvalue weighted by Gasteiger charge is -2.12. The zero-order valence-corrected chi connectivity index (χ0v) is 16.2. The van der Waals surface area contributed by atoms with Crippen LogP contribution in [0.15, 0.2) is 52.0 Å². The molecule has 0 aliphatic rings. The van der Waals surface area contributed by atoms with Gasteiger partial charge in [0.05, 0.1) is 10.0 Å². The lowest BCUT2D eigenvalue weighted by Crippen LogP contribution is -2.11. The summed E-state index contributed by atoms with van der Waals surface area (Å²) in [5.41, 5.74) is 1.05. The summed E-state index contributed by atoms with van der Waals surface area (Å²) < 4.78 is 31.3. The zero-order valence-electron chi connectivity index (χ0n) is 12.3. The van der Waals surface area contributed by atoms with Crippen LogP contribution in [0.2, 0.25) is 10.0 Å². The van der Waals surface area contributed by atoms with Gasteiger partial charge in [0.2, 0.25) is 0 Å². The Bertz CT molecular complexity index is 1050. The highest BCUT2D eigenvalue weighted by atomic mass is 79.9. The summed E-state index contributed by atoms with van der Waals surface area (Å²) in [6, 6.07) is 9.45. The van der Waals surface area contributed by atoms with E-state index in [0.717, 1.165) is 10.0 Å². The molecule has 3 aromatic rings. The number of fused-ring (bicyclic) bond motifs is 1. The Kier molecular flexibility index (Phi) is 4.75. The molecule has 0 fully saturated rings. The summed E-state index contributed by atoms with van der Waals surface area (Å²) in [6.45, 7) is 1.79. The molecule has 2 aromatic carbocycles. The fourth-order valence-electron chi connectivity index (χ4n) is 2.16. The number of halogens is 3. The van der Waals surface area contributed by atoms with Crippen LogP contribution in [-0.2, 0) is 10.1 Å². The zero-order chi connectivity index (χ0) is 17.5. The van der Waals surface area contributed by atoms with E-state index in [0.29, 0.717) is 10.4 Å². The maximum Gasteiger partial charge on any atom is 0.339 e. The molecule has 0 radical (unpaired) electrons. The molecule has 3 rings (SSSR count). The molecular weight excluding hydrogens is 437 g/mol. The first kappa shape index (κ1) is 17.5. The minimum atomic E-state index is -4.07. The van der Waals surface area contributed by atoms with E-state index in [9.17, 15) is 8.42 Å². The minimum Gasteiger partial charge on any atom is -0.375 e. The Labute approximate surface area is 157 Å². The molecule has 8 heteroatoms. The van der Waals surface area contributed by atoms with E-state index >= 15 is 0 Å². The molecule has 1 heterocycles. The molecule has 0 amide bonds. The van der Waals surface area contributed by atoms with Gasteiger partial charge >= 0.3 is 10.1 Å². The van der Waals surface area contributed by atoms with E-state index in [1.165, 1.54) is 24.4 Å². The summed E-state index contributed by atoms with van der Waals surface area (Å²) in [4.78, 5) is 4.17. The molecule has 1 aromatic heterocycles. The van der Waals surface area contributed by atoms with Gasteiger partial charge in [-0.25, -0.2) is 0 Å². The molecule has 0 saturated heterocycles. The Hall–Kier alpha value is -1.34. The Morgan fingerprint density at radius 2 is 1.88 bits per heavy atom. The van der Waals surface area contributed by atoms with E-state index < -0.39 is 10.1 Å². The molecule has 0 N–H and O–H groups in total. The lowest BCUT2D eigenvalue weighted by atomic mass is 10.2. The topological polar surface area (TPSA) is 56.3 Å². The van der Waals surface area contributed by atoms with Crippen molar-refractivity contribution in [2.24, 2.45) is 0 Å². The van der Waals surface area contributed by atoms with Gasteiger partial charge in [-0.15, -0.1) is 0 Å². The predicted octanol–water partition coefficient (Wildman–Crippen LogP) is 5.38. The Morgan fingerprint density at radius 1 is 1.12 bits per heavy atom. The smallest absolute Gasteiger partial charge is 0.339 e. The van der Waals surface area contributed by atoms with Crippen LogP contribution in [0.25, 0.3) is 10.9 Å². The van der Waals surface area contributed by atoms with Gasteiger partial charge in [0.25, 0.3) is 0 Å². The fraction of sp³-hybridized carbons (Fsp3) is 0.0625. The van der Waals surface area contributed by atoms with Gasteiger partial charge in [-0.3, -0.25) is 4.98 Å². The fourth-order valence-corrected chi connectivity index (χ4v) is 4.04. The number of nitrogens with zero attached hydrogens (tertiary/aromatic N) is 1. The van der Waals surface area contributed by atoms with Crippen molar-refractivity contribution in [2.75, 3.05) is 0 Å². The number of benzene rings is 2. The Balaban J connectivity index is 2.14. The number of hydrogen-bond donors (Lipinski definition) is 0. The maximum absolute atomic E-state index is 12.6. The third-order valence-corrected chi connectivity index (χ3v) is 6.06. The SMILES string of the molecule is Cc1cc(S(=O)(=O)Oc2c(Cl)cc(Cl)c3cccnc23)ccc1Br. The van der Waals surface area contributed by atoms with Crippen LogP contribution in [0, 0.1) is 6.92 Å². The molecule has 0 unspecified atom stereocenters. The highest BCUT2D eigenvalue weighted by Gasteiger charge is 2.22. The standard InChI is InChI=1S/C16H10BrCl2NO3S/c1-9-7-10(4-5-12(9)17)24(21,22)23-16-14(19)8-13(18)11-3-2-6-20-15(11)16/h2-8H,1H3. The highest BCUT2D eigenvalue weighted by Crippen LogP contribution is 2.38. The predicted molar refractivity (Wildman–Crippen MR) is 98.5 cm³/mol. The monoisotopic (exact) mass is 445 g/mol. The molecule has 0 aliphatic heterocycles. The first-order valence-electron chi connectivity index (χ1n) is 6.73. The van der Waals surface area contributed by atoms with Crippen LogP contribution in [0.3, 0.4) is 0 Å². The summed E-state index contributed by atoms with van der Waals surface area (Å²) in [7, 11) is -4.07.